The highest BCUT2D eigenvalue weighted by Gasteiger charge is 2.33. The van der Waals surface area contributed by atoms with Crippen molar-refractivity contribution >= 4 is 21.6 Å². The maximum Gasteiger partial charge on any atom is 0.246 e. The third-order valence-corrected chi connectivity index (χ3v) is 6.35. The predicted octanol–water partition coefficient (Wildman–Crippen LogP) is 3.89. The van der Waals surface area contributed by atoms with Gasteiger partial charge in [0, 0.05) is 13.1 Å². The van der Waals surface area contributed by atoms with Crippen LogP contribution in [0.1, 0.15) is 26.7 Å². The van der Waals surface area contributed by atoms with E-state index in [0.29, 0.717) is 36.2 Å². The molecule has 0 aromatic heterocycles. The van der Waals surface area contributed by atoms with Crippen LogP contribution in [0.2, 0.25) is 0 Å². The number of likely N-dealkylation sites (tertiary alicyclic amines) is 1. The number of hydrogen-bond acceptors (Lipinski definition) is 4. The third-order valence-electron chi connectivity index (χ3n) is 5.11. The molecule has 1 saturated heterocycles. The lowest BCUT2D eigenvalue weighted by molar-refractivity contribution is -0.133. The van der Waals surface area contributed by atoms with Crippen LogP contribution in [0, 0.1) is 5.92 Å². The van der Waals surface area contributed by atoms with E-state index in [4.69, 9.17) is 4.74 Å². The minimum Gasteiger partial charge on any atom is -0.457 e. The molecule has 2 atom stereocenters. The van der Waals surface area contributed by atoms with E-state index in [1.165, 1.54) is 4.31 Å². The smallest absolute Gasteiger partial charge is 0.246 e. The molecule has 0 bridgehead atoms. The highest BCUT2D eigenvalue weighted by Crippen LogP contribution is 2.28. The average Bonchev–Trinajstić information content (AvgIpc) is 2.68. The van der Waals surface area contributed by atoms with Gasteiger partial charge in [0.15, 0.2) is 0 Å². The molecular formula is C22H28N2O4S. The van der Waals surface area contributed by atoms with Gasteiger partial charge in [0.25, 0.3) is 0 Å². The van der Waals surface area contributed by atoms with Crippen molar-refractivity contribution in [3.63, 3.8) is 0 Å². The summed E-state index contributed by atoms with van der Waals surface area (Å²) in [4.78, 5) is 14.8. The van der Waals surface area contributed by atoms with Crippen LogP contribution in [-0.2, 0) is 14.8 Å². The van der Waals surface area contributed by atoms with Crippen molar-refractivity contribution in [2.24, 2.45) is 5.92 Å². The van der Waals surface area contributed by atoms with Crippen LogP contribution in [-0.4, -0.2) is 44.6 Å². The van der Waals surface area contributed by atoms with Gasteiger partial charge < -0.3 is 9.64 Å². The molecule has 1 aliphatic rings. The molecule has 1 amide bonds. The van der Waals surface area contributed by atoms with Gasteiger partial charge in [-0.15, -0.1) is 0 Å². The molecule has 0 aliphatic carbocycles. The number of amides is 1. The molecule has 7 heteroatoms. The van der Waals surface area contributed by atoms with Gasteiger partial charge in [0.1, 0.15) is 17.5 Å². The van der Waals surface area contributed by atoms with E-state index >= 15 is 0 Å². The molecule has 1 fully saturated rings. The fraction of sp³-hybridized carbons (Fsp3) is 0.409. The van der Waals surface area contributed by atoms with Crippen LogP contribution >= 0.6 is 0 Å². The minimum atomic E-state index is -3.64. The Morgan fingerprint density at radius 3 is 2.31 bits per heavy atom. The lowest BCUT2D eigenvalue weighted by Crippen LogP contribution is -2.51. The maximum atomic E-state index is 13.0. The number of anilines is 1. The molecule has 1 aliphatic heterocycles. The Hall–Kier alpha value is -2.54. The fourth-order valence-corrected chi connectivity index (χ4v) is 4.91. The Labute approximate surface area is 173 Å². The average molecular weight is 417 g/mol. The van der Waals surface area contributed by atoms with Crippen LogP contribution in [0.5, 0.6) is 11.5 Å². The molecule has 2 aromatic carbocycles. The Kier molecular flexibility index (Phi) is 6.47. The van der Waals surface area contributed by atoms with Gasteiger partial charge in [-0.2, -0.15) is 0 Å². The first-order chi connectivity index (χ1) is 13.8. The number of hydrogen-bond donors (Lipinski definition) is 0. The molecule has 0 unspecified atom stereocenters. The summed E-state index contributed by atoms with van der Waals surface area (Å²) in [5.74, 6) is 1.56. The largest absolute Gasteiger partial charge is 0.457 e. The Morgan fingerprint density at radius 2 is 1.72 bits per heavy atom. The van der Waals surface area contributed by atoms with Crippen molar-refractivity contribution < 1.29 is 17.9 Å². The van der Waals surface area contributed by atoms with Crippen LogP contribution in [0.3, 0.4) is 0 Å². The Balaban J connectivity index is 1.80. The number of para-hydroxylation sites is 1. The summed E-state index contributed by atoms with van der Waals surface area (Å²) in [5.41, 5.74) is 0.443. The number of nitrogens with zero attached hydrogens (tertiary/aromatic N) is 2. The normalized spacial score (nSPS) is 18.2. The standard InChI is InChI=1S/C22H28N2O4S/c1-17-8-7-15-23(16-17)22(25)18(2)24(29(3,26)27)19-11-13-21(14-12-19)28-20-9-5-4-6-10-20/h4-6,9-14,17-18H,7-8,15-16H2,1-3H3/t17-,18+/m0/s1. The topological polar surface area (TPSA) is 66.9 Å². The van der Waals surface area contributed by atoms with Crippen LogP contribution in [0.4, 0.5) is 5.69 Å². The Morgan fingerprint density at radius 1 is 1.10 bits per heavy atom. The highest BCUT2D eigenvalue weighted by molar-refractivity contribution is 7.92. The van der Waals surface area contributed by atoms with Gasteiger partial charge in [-0.3, -0.25) is 9.10 Å². The summed E-state index contributed by atoms with van der Waals surface area (Å²) >= 11 is 0. The van der Waals surface area contributed by atoms with E-state index in [0.717, 1.165) is 19.1 Å². The van der Waals surface area contributed by atoms with E-state index in [1.807, 2.05) is 30.3 Å². The summed E-state index contributed by atoms with van der Waals surface area (Å²) in [6.45, 7) is 5.11. The molecule has 6 nitrogen and oxygen atoms in total. The first kappa shape index (κ1) is 21.2. The summed E-state index contributed by atoms with van der Waals surface area (Å²) < 4.78 is 32.0. The first-order valence-corrected chi connectivity index (χ1v) is 11.7. The molecule has 0 saturated carbocycles. The maximum absolute atomic E-state index is 13.0. The molecule has 156 valence electrons. The molecular weight excluding hydrogens is 388 g/mol. The summed E-state index contributed by atoms with van der Waals surface area (Å²) in [5, 5.41) is 0. The van der Waals surface area contributed by atoms with E-state index in [9.17, 15) is 13.2 Å². The Bertz CT molecular complexity index is 929. The lowest BCUT2D eigenvalue weighted by atomic mass is 10.00. The van der Waals surface area contributed by atoms with Crippen molar-refractivity contribution in [1.29, 1.82) is 0 Å². The van der Waals surface area contributed by atoms with Gasteiger partial charge in [-0.1, -0.05) is 25.1 Å². The van der Waals surface area contributed by atoms with E-state index in [2.05, 4.69) is 6.92 Å². The van der Waals surface area contributed by atoms with E-state index < -0.39 is 16.1 Å². The predicted molar refractivity (Wildman–Crippen MR) is 115 cm³/mol. The van der Waals surface area contributed by atoms with Gasteiger partial charge in [-0.05, 0) is 62.1 Å². The molecule has 29 heavy (non-hydrogen) atoms. The van der Waals surface area contributed by atoms with Crippen molar-refractivity contribution in [2.75, 3.05) is 23.7 Å². The van der Waals surface area contributed by atoms with Crippen LogP contribution in [0.25, 0.3) is 0 Å². The lowest BCUT2D eigenvalue weighted by Gasteiger charge is -2.36. The minimum absolute atomic E-state index is 0.161. The first-order valence-electron chi connectivity index (χ1n) is 9.87. The number of piperidine rings is 1. The van der Waals surface area contributed by atoms with Gasteiger partial charge in [-0.25, -0.2) is 8.42 Å². The van der Waals surface area contributed by atoms with E-state index in [1.54, 1.807) is 36.1 Å². The third kappa shape index (κ3) is 5.29. The quantitative estimate of drug-likeness (QED) is 0.716. The van der Waals surface area contributed by atoms with E-state index in [-0.39, 0.29) is 5.91 Å². The number of rotatable bonds is 6. The van der Waals surface area contributed by atoms with Crippen molar-refractivity contribution in [3.8, 4) is 11.5 Å². The number of benzene rings is 2. The molecule has 3 rings (SSSR count). The second kappa shape index (κ2) is 8.86. The zero-order valence-electron chi connectivity index (χ0n) is 17.1. The van der Waals surface area contributed by atoms with Crippen molar-refractivity contribution in [2.45, 2.75) is 32.7 Å². The van der Waals surface area contributed by atoms with Crippen molar-refractivity contribution in [1.82, 2.24) is 4.90 Å². The zero-order chi connectivity index (χ0) is 21.0. The molecule has 2 aromatic rings. The molecule has 0 N–H and O–H groups in total. The summed E-state index contributed by atoms with van der Waals surface area (Å²) in [6, 6.07) is 15.3. The van der Waals surface area contributed by atoms with Crippen LogP contribution < -0.4 is 9.04 Å². The highest BCUT2D eigenvalue weighted by atomic mass is 32.2. The van der Waals surface area contributed by atoms with Gasteiger partial charge in [0.05, 0.1) is 11.9 Å². The SMILES string of the molecule is C[C@H]1CCCN(C(=O)[C@@H](C)N(c2ccc(Oc3ccccc3)cc2)S(C)(=O)=O)C1. The van der Waals surface area contributed by atoms with Gasteiger partial charge >= 0.3 is 0 Å². The van der Waals surface area contributed by atoms with Crippen molar-refractivity contribution in [3.05, 3.63) is 54.6 Å². The number of carbonyl (C=O) groups is 1. The summed E-state index contributed by atoms with van der Waals surface area (Å²) in [6.07, 6.45) is 3.17. The summed E-state index contributed by atoms with van der Waals surface area (Å²) in [7, 11) is -3.64. The second-order valence-electron chi connectivity index (χ2n) is 7.68. The fourth-order valence-electron chi connectivity index (χ4n) is 3.74. The zero-order valence-corrected chi connectivity index (χ0v) is 17.9. The molecule has 1 heterocycles. The number of ether oxygens (including phenoxy) is 1. The molecule has 0 radical (unpaired) electrons. The second-order valence-corrected chi connectivity index (χ2v) is 9.53. The molecule has 0 spiro atoms. The van der Waals surface area contributed by atoms with Crippen LogP contribution in [0.15, 0.2) is 54.6 Å². The monoisotopic (exact) mass is 416 g/mol. The number of carbonyl (C=O) groups excluding carboxylic acids is 1. The van der Waals surface area contributed by atoms with Gasteiger partial charge in [0.2, 0.25) is 15.9 Å². The number of sulfonamides is 1.